The zero-order valence-electron chi connectivity index (χ0n) is 12.9. The maximum atomic E-state index is 12.1. The van der Waals surface area contributed by atoms with Crippen LogP contribution in [0.15, 0.2) is 35.7 Å². The normalized spacial score (nSPS) is 17.4. The van der Waals surface area contributed by atoms with Gasteiger partial charge >= 0.3 is 6.03 Å². The Balaban J connectivity index is 1.49. The first-order chi connectivity index (χ1) is 11.3. The third-order valence-corrected chi connectivity index (χ3v) is 5.02. The minimum atomic E-state index is -0.0833. The molecule has 3 rings (SSSR count). The maximum absolute atomic E-state index is 12.1. The first-order valence-electron chi connectivity index (χ1n) is 7.93. The van der Waals surface area contributed by atoms with Crippen molar-refractivity contribution in [1.29, 1.82) is 0 Å². The van der Waals surface area contributed by atoms with Crippen LogP contribution in [0.5, 0.6) is 0 Å². The van der Waals surface area contributed by atoms with E-state index in [4.69, 9.17) is 0 Å². The van der Waals surface area contributed by atoms with Gasteiger partial charge in [0.15, 0.2) is 0 Å². The topological polar surface area (TPSA) is 65.5 Å². The fraction of sp³-hybridized carbons (Fsp3) is 0.412. The molecule has 0 unspecified atom stereocenters. The van der Waals surface area contributed by atoms with Crippen LogP contribution in [0.25, 0.3) is 10.6 Å². The first-order valence-corrected chi connectivity index (χ1v) is 8.81. The Kier molecular flexibility index (Phi) is 5.25. The number of carbonyl (C=O) groups excluding carboxylic acids is 1. The Bertz CT molecular complexity index is 644. The average Bonchev–Trinajstić information content (AvgIpc) is 3.24. The van der Waals surface area contributed by atoms with Gasteiger partial charge in [0.1, 0.15) is 5.01 Å². The Morgan fingerprint density at radius 1 is 1.39 bits per heavy atom. The van der Waals surface area contributed by atoms with Gasteiger partial charge in [-0.25, -0.2) is 9.78 Å². The lowest BCUT2D eigenvalue weighted by atomic mass is 10.2. The largest absolute Gasteiger partial charge is 0.394 e. The Morgan fingerprint density at radius 3 is 3.00 bits per heavy atom. The maximum Gasteiger partial charge on any atom is 0.317 e. The number of aromatic nitrogens is 1. The van der Waals surface area contributed by atoms with Crippen LogP contribution in [-0.4, -0.2) is 46.8 Å². The van der Waals surface area contributed by atoms with E-state index in [1.165, 1.54) is 0 Å². The van der Waals surface area contributed by atoms with E-state index in [1.54, 1.807) is 16.2 Å². The number of thiazole rings is 1. The third kappa shape index (κ3) is 3.89. The van der Waals surface area contributed by atoms with Crippen LogP contribution in [0.4, 0.5) is 4.79 Å². The molecular weight excluding hydrogens is 310 g/mol. The van der Waals surface area contributed by atoms with Crippen LogP contribution in [0.1, 0.15) is 18.5 Å². The molecule has 1 fully saturated rings. The van der Waals surface area contributed by atoms with Gasteiger partial charge in [-0.2, -0.15) is 0 Å². The summed E-state index contributed by atoms with van der Waals surface area (Å²) in [5.74, 6) is 0. The number of amides is 2. The number of benzene rings is 1. The van der Waals surface area contributed by atoms with Gasteiger partial charge in [0.2, 0.25) is 0 Å². The number of hydrogen-bond acceptors (Lipinski definition) is 4. The summed E-state index contributed by atoms with van der Waals surface area (Å²) < 4.78 is 0. The van der Waals surface area contributed by atoms with E-state index in [0.29, 0.717) is 13.0 Å². The van der Waals surface area contributed by atoms with Crippen LogP contribution in [0.3, 0.4) is 0 Å². The summed E-state index contributed by atoms with van der Waals surface area (Å²) in [7, 11) is 0. The standard InChI is InChI=1S/C17H21N3O2S/c21-11-15-7-4-10-20(15)17(22)18-9-8-14-12-23-16(19-14)13-5-2-1-3-6-13/h1-3,5-6,12,15,21H,4,7-11H2,(H,18,22)/t15-/m0/s1. The lowest BCUT2D eigenvalue weighted by Gasteiger charge is -2.23. The van der Waals surface area contributed by atoms with E-state index in [9.17, 15) is 9.90 Å². The Morgan fingerprint density at radius 2 is 2.22 bits per heavy atom. The fourth-order valence-corrected chi connectivity index (χ4v) is 3.69. The number of aliphatic hydroxyl groups is 1. The van der Waals surface area contributed by atoms with Crippen LogP contribution in [0.2, 0.25) is 0 Å². The van der Waals surface area contributed by atoms with Gasteiger partial charge in [0, 0.05) is 30.5 Å². The van der Waals surface area contributed by atoms with Crippen LogP contribution in [-0.2, 0) is 6.42 Å². The number of hydrogen-bond donors (Lipinski definition) is 2. The highest BCUT2D eigenvalue weighted by atomic mass is 32.1. The molecule has 1 aliphatic rings. The highest BCUT2D eigenvalue weighted by Gasteiger charge is 2.27. The minimum Gasteiger partial charge on any atom is -0.394 e. The number of urea groups is 1. The van der Waals surface area contributed by atoms with Gasteiger partial charge in [-0.3, -0.25) is 0 Å². The van der Waals surface area contributed by atoms with Crippen molar-refractivity contribution in [2.24, 2.45) is 0 Å². The molecule has 0 bridgehead atoms. The summed E-state index contributed by atoms with van der Waals surface area (Å²) in [4.78, 5) is 18.5. The lowest BCUT2D eigenvalue weighted by Crippen LogP contribution is -2.44. The van der Waals surface area contributed by atoms with Crippen molar-refractivity contribution >= 4 is 17.4 Å². The third-order valence-electron chi connectivity index (χ3n) is 4.08. The number of nitrogens with one attached hydrogen (secondary N) is 1. The predicted octanol–water partition coefficient (Wildman–Crippen LogP) is 2.52. The van der Waals surface area contributed by atoms with Crippen molar-refractivity contribution in [3.8, 4) is 10.6 Å². The quantitative estimate of drug-likeness (QED) is 0.885. The SMILES string of the molecule is O=C(NCCc1csc(-c2ccccc2)n1)N1CCC[C@H]1CO. The molecule has 6 heteroatoms. The van der Waals surface area contributed by atoms with Crippen LogP contribution in [0, 0.1) is 0 Å². The van der Waals surface area contributed by atoms with Gasteiger partial charge in [0.25, 0.3) is 0 Å². The molecule has 1 aromatic heterocycles. The molecule has 1 saturated heterocycles. The predicted molar refractivity (Wildman–Crippen MR) is 91.5 cm³/mol. The molecule has 0 aliphatic carbocycles. The highest BCUT2D eigenvalue weighted by Crippen LogP contribution is 2.23. The van der Waals surface area contributed by atoms with Crippen molar-refractivity contribution in [2.45, 2.75) is 25.3 Å². The average molecular weight is 331 g/mol. The number of carbonyl (C=O) groups is 1. The van der Waals surface area contributed by atoms with E-state index in [2.05, 4.69) is 10.3 Å². The zero-order chi connectivity index (χ0) is 16.1. The van der Waals surface area contributed by atoms with Gasteiger partial charge < -0.3 is 15.3 Å². The van der Waals surface area contributed by atoms with Crippen molar-refractivity contribution in [1.82, 2.24) is 15.2 Å². The summed E-state index contributed by atoms with van der Waals surface area (Å²) in [6.07, 6.45) is 2.56. The summed E-state index contributed by atoms with van der Waals surface area (Å²) in [6, 6.07) is 9.98. The van der Waals surface area contributed by atoms with Crippen molar-refractivity contribution in [3.63, 3.8) is 0 Å². The van der Waals surface area contributed by atoms with Crippen LogP contribution < -0.4 is 5.32 Å². The summed E-state index contributed by atoms with van der Waals surface area (Å²) in [6.45, 7) is 1.33. The molecule has 1 aromatic carbocycles. The minimum absolute atomic E-state index is 0.0287. The Labute approximate surface area is 140 Å². The molecule has 122 valence electrons. The summed E-state index contributed by atoms with van der Waals surface area (Å²) >= 11 is 1.62. The number of rotatable bonds is 5. The van der Waals surface area contributed by atoms with Gasteiger partial charge in [-0.05, 0) is 12.8 Å². The van der Waals surface area contributed by atoms with E-state index in [1.807, 2.05) is 35.7 Å². The highest BCUT2D eigenvalue weighted by molar-refractivity contribution is 7.13. The molecule has 0 spiro atoms. The molecule has 2 aromatic rings. The molecule has 2 amide bonds. The fourth-order valence-electron chi connectivity index (χ4n) is 2.83. The second-order valence-electron chi connectivity index (χ2n) is 5.66. The summed E-state index contributed by atoms with van der Waals surface area (Å²) in [5.41, 5.74) is 2.12. The first kappa shape index (κ1) is 16.0. The van der Waals surface area contributed by atoms with Crippen LogP contribution >= 0.6 is 11.3 Å². The summed E-state index contributed by atoms with van der Waals surface area (Å²) in [5, 5.41) is 15.2. The molecule has 2 heterocycles. The number of aliphatic hydroxyl groups excluding tert-OH is 1. The van der Waals surface area contributed by atoms with E-state index in [0.717, 1.165) is 35.7 Å². The van der Waals surface area contributed by atoms with Gasteiger partial charge in [-0.15, -0.1) is 11.3 Å². The van der Waals surface area contributed by atoms with Gasteiger partial charge in [0.05, 0.1) is 18.3 Å². The van der Waals surface area contributed by atoms with Gasteiger partial charge in [-0.1, -0.05) is 30.3 Å². The molecule has 1 atom stereocenters. The van der Waals surface area contributed by atoms with Crippen molar-refractivity contribution in [3.05, 3.63) is 41.4 Å². The molecule has 23 heavy (non-hydrogen) atoms. The smallest absolute Gasteiger partial charge is 0.317 e. The zero-order valence-corrected chi connectivity index (χ0v) is 13.8. The number of likely N-dealkylation sites (tertiary alicyclic amines) is 1. The molecule has 0 radical (unpaired) electrons. The van der Waals surface area contributed by atoms with Crippen molar-refractivity contribution < 1.29 is 9.90 Å². The molecule has 1 aliphatic heterocycles. The second kappa shape index (κ2) is 7.57. The second-order valence-corrected chi connectivity index (χ2v) is 6.52. The number of nitrogens with zero attached hydrogens (tertiary/aromatic N) is 2. The van der Waals surface area contributed by atoms with E-state index >= 15 is 0 Å². The monoisotopic (exact) mass is 331 g/mol. The van der Waals surface area contributed by atoms with E-state index < -0.39 is 0 Å². The molecular formula is C17H21N3O2S. The Hall–Kier alpha value is -1.92. The lowest BCUT2D eigenvalue weighted by molar-refractivity contribution is 0.157. The molecule has 2 N–H and O–H groups in total. The molecule has 5 nitrogen and oxygen atoms in total. The molecule has 0 saturated carbocycles. The van der Waals surface area contributed by atoms with E-state index in [-0.39, 0.29) is 18.7 Å². The van der Waals surface area contributed by atoms with Crippen molar-refractivity contribution in [2.75, 3.05) is 19.7 Å².